The Balaban J connectivity index is 1.99. The highest BCUT2D eigenvalue weighted by Crippen LogP contribution is 2.44. The third kappa shape index (κ3) is 4.11. The van der Waals surface area contributed by atoms with E-state index >= 15 is 0 Å². The quantitative estimate of drug-likeness (QED) is 0.714. The van der Waals surface area contributed by atoms with E-state index in [0.29, 0.717) is 27.1 Å². The van der Waals surface area contributed by atoms with Crippen LogP contribution in [0.25, 0.3) is 0 Å². The first-order valence-electron chi connectivity index (χ1n) is 9.51. The van der Waals surface area contributed by atoms with E-state index in [1.807, 2.05) is 0 Å². The van der Waals surface area contributed by atoms with Gasteiger partial charge in [-0.2, -0.15) is 0 Å². The van der Waals surface area contributed by atoms with Crippen LogP contribution in [0.1, 0.15) is 58.3 Å². The summed E-state index contributed by atoms with van der Waals surface area (Å²) < 4.78 is 0. The van der Waals surface area contributed by atoms with Crippen molar-refractivity contribution in [3.63, 3.8) is 0 Å². The Morgan fingerprint density at radius 1 is 1.21 bits per heavy atom. The number of nitrogens with one attached hydrogen (secondary N) is 1. The molecule has 0 bridgehead atoms. The van der Waals surface area contributed by atoms with Gasteiger partial charge in [-0.25, -0.2) is 0 Å². The summed E-state index contributed by atoms with van der Waals surface area (Å²) in [5.74, 6) is 0.207. The molecule has 1 N–H and O–H groups in total. The Labute approximate surface area is 175 Å². The minimum absolute atomic E-state index is 0.0684. The zero-order valence-corrected chi connectivity index (χ0v) is 18.6. The first-order valence-corrected chi connectivity index (χ1v) is 10.7. The van der Waals surface area contributed by atoms with Gasteiger partial charge in [0.25, 0.3) is 11.8 Å². The van der Waals surface area contributed by atoms with E-state index in [-0.39, 0.29) is 17.2 Å². The fourth-order valence-electron chi connectivity index (χ4n) is 3.68. The Bertz CT molecular complexity index is 912. The standard InChI is InChI=1S/C22H27ClN2O2S/c1-22(2,3)13-10-11-15-17(12-13)28-20(18(15)21(27)25(4)5)24-19(26)14-8-6-7-9-16(14)23/h6-9,13H,10-12H2,1-5H3,(H,24,26). The molecule has 3 rings (SSSR count). The highest BCUT2D eigenvalue weighted by atomic mass is 35.5. The molecule has 28 heavy (non-hydrogen) atoms. The molecule has 0 saturated heterocycles. The number of rotatable bonds is 3. The number of thiophene rings is 1. The number of anilines is 1. The van der Waals surface area contributed by atoms with Gasteiger partial charge in [-0.1, -0.05) is 44.5 Å². The molecule has 0 spiro atoms. The molecule has 1 aliphatic carbocycles. The van der Waals surface area contributed by atoms with Crippen LogP contribution in [-0.2, 0) is 12.8 Å². The largest absolute Gasteiger partial charge is 0.345 e. The molecule has 0 fully saturated rings. The number of fused-ring (bicyclic) bond motifs is 1. The van der Waals surface area contributed by atoms with E-state index in [2.05, 4.69) is 26.1 Å². The maximum absolute atomic E-state index is 12.9. The molecule has 1 aliphatic rings. The van der Waals surface area contributed by atoms with Crippen LogP contribution in [0.3, 0.4) is 0 Å². The van der Waals surface area contributed by atoms with Gasteiger partial charge in [0.15, 0.2) is 0 Å². The lowest BCUT2D eigenvalue weighted by atomic mass is 9.72. The van der Waals surface area contributed by atoms with Crippen molar-refractivity contribution in [2.45, 2.75) is 40.0 Å². The lowest BCUT2D eigenvalue weighted by molar-refractivity contribution is 0.0827. The van der Waals surface area contributed by atoms with Gasteiger partial charge in [0, 0.05) is 19.0 Å². The average molecular weight is 419 g/mol. The second-order valence-corrected chi connectivity index (χ2v) is 10.2. The van der Waals surface area contributed by atoms with Crippen LogP contribution in [0.15, 0.2) is 24.3 Å². The molecule has 1 unspecified atom stereocenters. The van der Waals surface area contributed by atoms with E-state index in [0.717, 1.165) is 24.8 Å². The summed E-state index contributed by atoms with van der Waals surface area (Å²) in [4.78, 5) is 28.5. The number of benzene rings is 1. The van der Waals surface area contributed by atoms with Crippen LogP contribution in [0.5, 0.6) is 0 Å². The second-order valence-electron chi connectivity index (χ2n) is 8.65. The van der Waals surface area contributed by atoms with Crippen LogP contribution in [0.2, 0.25) is 5.02 Å². The first kappa shape index (κ1) is 20.9. The van der Waals surface area contributed by atoms with Gasteiger partial charge < -0.3 is 10.2 Å². The van der Waals surface area contributed by atoms with E-state index in [1.165, 1.54) is 16.2 Å². The summed E-state index contributed by atoms with van der Waals surface area (Å²) in [6.45, 7) is 6.80. The van der Waals surface area contributed by atoms with E-state index in [9.17, 15) is 9.59 Å². The van der Waals surface area contributed by atoms with Gasteiger partial charge in [0.05, 0.1) is 16.1 Å². The number of nitrogens with zero attached hydrogens (tertiary/aromatic N) is 1. The van der Waals surface area contributed by atoms with Crippen molar-refractivity contribution in [3.8, 4) is 0 Å². The number of hydrogen-bond donors (Lipinski definition) is 1. The smallest absolute Gasteiger partial charge is 0.257 e. The Kier molecular flexibility index (Phi) is 5.87. The minimum Gasteiger partial charge on any atom is -0.345 e. The number of hydrogen-bond acceptors (Lipinski definition) is 3. The molecule has 0 aliphatic heterocycles. The van der Waals surface area contributed by atoms with Crippen molar-refractivity contribution in [1.29, 1.82) is 0 Å². The monoisotopic (exact) mass is 418 g/mol. The number of halogens is 1. The molecule has 0 radical (unpaired) electrons. The zero-order valence-electron chi connectivity index (χ0n) is 17.1. The van der Waals surface area contributed by atoms with Crippen molar-refractivity contribution < 1.29 is 9.59 Å². The zero-order chi connectivity index (χ0) is 20.6. The van der Waals surface area contributed by atoms with Gasteiger partial charge >= 0.3 is 0 Å². The summed E-state index contributed by atoms with van der Waals surface area (Å²) in [7, 11) is 3.49. The Hall–Kier alpha value is -1.85. The highest BCUT2D eigenvalue weighted by Gasteiger charge is 2.34. The summed E-state index contributed by atoms with van der Waals surface area (Å²) in [6, 6.07) is 6.95. The molecule has 1 aromatic carbocycles. The van der Waals surface area contributed by atoms with Gasteiger partial charge in [0.1, 0.15) is 5.00 Å². The fraction of sp³-hybridized carbons (Fsp3) is 0.455. The minimum atomic E-state index is -0.288. The maximum atomic E-state index is 12.9. The molecular weight excluding hydrogens is 392 g/mol. The van der Waals surface area contributed by atoms with Crippen LogP contribution >= 0.6 is 22.9 Å². The molecule has 0 saturated carbocycles. The van der Waals surface area contributed by atoms with E-state index in [4.69, 9.17) is 11.6 Å². The summed E-state index contributed by atoms with van der Waals surface area (Å²) >= 11 is 7.71. The van der Waals surface area contributed by atoms with Crippen LogP contribution in [0, 0.1) is 11.3 Å². The van der Waals surface area contributed by atoms with Crippen molar-refractivity contribution >= 4 is 39.8 Å². The fourth-order valence-corrected chi connectivity index (χ4v) is 5.21. The highest BCUT2D eigenvalue weighted by molar-refractivity contribution is 7.17. The number of carbonyl (C=O) groups is 2. The summed E-state index contributed by atoms with van der Waals surface area (Å²) in [6.07, 6.45) is 2.86. The molecular formula is C22H27ClN2O2S. The topological polar surface area (TPSA) is 49.4 Å². The normalized spacial score (nSPS) is 16.4. The van der Waals surface area contributed by atoms with Crippen LogP contribution < -0.4 is 5.32 Å². The van der Waals surface area contributed by atoms with Crippen molar-refractivity contribution in [2.24, 2.45) is 11.3 Å². The third-order valence-corrected chi connectivity index (χ3v) is 6.95. The lowest BCUT2D eigenvalue weighted by Gasteiger charge is -2.34. The predicted octanol–water partition coefficient (Wildman–Crippen LogP) is 5.51. The third-order valence-electron chi connectivity index (χ3n) is 5.46. The molecule has 4 nitrogen and oxygen atoms in total. The molecule has 1 atom stereocenters. The summed E-state index contributed by atoms with van der Waals surface area (Å²) in [5.41, 5.74) is 2.36. The SMILES string of the molecule is CN(C)C(=O)c1c(NC(=O)c2ccccc2Cl)sc2c1CCC(C(C)(C)C)C2. The second kappa shape index (κ2) is 7.88. The number of amides is 2. The van der Waals surface area contributed by atoms with Gasteiger partial charge in [-0.3, -0.25) is 9.59 Å². The first-order chi connectivity index (χ1) is 13.1. The Morgan fingerprint density at radius 3 is 2.50 bits per heavy atom. The molecule has 150 valence electrons. The van der Waals surface area contributed by atoms with Gasteiger partial charge in [-0.15, -0.1) is 11.3 Å². The molecule has 6 heteroatoms. The van der Waals surface area contributed by atoms with E-state index < -0.39 is 0 Å². The summed E-state index contributed by atoms with van der Waals surface area (Å²) in [5, 5.41) is 3.99. The maximum Gasteiger partial charge on any atom is 0.257 e. The molecule has 2 amide bonds. The van der Waals surface area contributed by atoms with Gasteiger partial charge in [0.2, 0.25) is 0 Å². The Morgan fingerprint density at radius 2 is 1.89 bits per heavy atom. The predicted molar refractivity (Wildman–Crippen MR) is 117 cm³/mol. The number of carbonyl (C=O) groups excluding carboxylic acids is 2. The molecule has 1 aromatic heterocycles. The van der Waals surface area contributed by atoms with Crippen molar-refractivity contribution in [1.82, 2.24) is 4.90 Å². The lowest BCUT2D eigenvalue weighted by Crippen LogP contribution is -2.28. The van der Waals surface area contributed by atoms with Gasteiger partial charge in [-0.05, 0) is 48.3 Å². The van der Waals surface area contributed by atoms with E-state index in [1.54, 1.807) is 43.3 Å². The van der Waals surface area contributed by atoms with Crippen molar-refractivity contribution in [2.75, 3.05) is 19.4 Å². The van der Waals surface area contributed by atoms with Crippen LogP contribution in [-0.4, -0.2) is 30.8 Å². The van der Waals surface area contributed by atoms with Crippen molar-refractivity contribution in [3.05, 3.63) is 50.9 Å². The van der Waals surface area contributed by atoms with Crippen LogP contribution in [0.4, 0.5) is 5.00 Å². The average Bonchev–Trinajstić information content (AvgIpc) is 2.97. The molecule has 2 aromatic rings. The molecule has 1 heterocycles.